The zero-order valence-electron chi connectivity index (χ0n) is 15.5. The van der Waals surface area contributed by atoms with Gasteiger partial charge in [0.15, 0.2) is 11.6 Å². The topological polar surface area (TPSA) is 76.8 Å². The van der Waals surface area contributed by atoms with Crippen LogP contribution in [-0.4, -0.2) is 62.5 Å². The molecule has 1 amide bonds. The average molecular weight is 394 g/mol. The lowest BCUT2D eigenvalue weighted by atomic mass is 10.0. The summed E-state index contributed by atoms with van der Waals surface area (Å²) in [6, 6.07) is 7.14. The Morgan fingerprint density at radius 3 is 2.85 bits per heavy atom. The molecular weight excluding hydrogens is 370 g/mol. The summed E-state index contributed by atoms with van der Waals surface area (Å²) in [5.41, 5.74) is 1.17. The number of amides is 1. The highest BCUT2D eigenvalue weighted by Crippen LogP contribution is 2.32. The van der Waals surface area contributed by atoms with Crippen molar-refractivity contribution in [2.75, 3.05) is 45.8 Å². The molecule has 0 bridgehead atoms. The third-order valence-electron chi connectivity index (χ3n) is 4.61. The van der Waals surface area contributed by atoms with Crippen LogP contribution in [-0.2, 0) is 9.47 Å². The molecule has 1 fully saturated rings. The van der Waals surface area contributed by atoms with Crippen molar-refractivity contribution in [3.63, 3.8) is 0 Å². The average Bonchev–Trinajstić information content (AvgIpc) is 3.12. The fourth-order valence-corrected chi connectivity index (χ4v) is 3.28. The number of aromatic nitrogens is 1. The molecule has 146 valence electrons. The summed E-state index contributed by atoms with van der Waals surface area (Å²) in [4.78, 5) is 15.1. The first kappa shape index (κ1) is 19.7. The first-order chi connectivity index (χ1) is 13.1. The van der Waals surface area contributed by atoms with Gasteiger partial charge in [-0.2, -0.15) is 0 Å². The largest absolute Gasteiger partial charge is 0.383 e. The van der Waals surface area contributed by atoms with E-state index in [-0.39, 0.29) is 12.0 Å². The zero-order valence-corrected chi connectivity index (χ0v) is 16.3. The standard InChI is InChI=1S/C19H24ClN3O4/c1-25-11-9-21-18-16(19(24)23-10-3-4-15(12-23)26-2)17(27-22-18)13-5-7-14(20)8-6-13/h5-8,15H,3-4,9-12H2,1-2H3,(H,21,22). The van der Waals surface area contributed by atoms with E-state index in [4.69, 9.17) is 25.6 Å². The highest BCUT2D eigenvalue weighted by atomic mass is 35.5. The third kappa shape index (κ3) is 4.61. The van der Waals surface area contributed by atoms with Gasteiger partial charge in [0.2, 0.25) is 0 Å². The molecule has 1 aromatic carbocycles. The Kier molecular flexibility index (Phi) is 6.71. The molecular formula is C19H24ClN3O4. The molecule has 1 aliphatic rings. The number of halogens is 1. The molecule has 3 rings (SSSR count). The number of anilines is 1. The zero-order chi connectivity index (χ0) is 19.2. The molecule has 2 heterocycles. The summed E-state index contributed by atoms with van der Waals surface area (Å²) >= 11 is 5.98. The molecule has 1 aliphatic heterocycles. The Morgan fingerprint density at radius 2 is 2.15 bits per heavy atom. The molecule has 0 saturated carbocycles. The summed E-state index contributed by atoms with van der Waals surface area (Å²) in [5, 5.41) is 7.83. The molecule has 27 heavy (non-hydrogen) atoms. The summed E-state index contributed by atoms with van der Waals surface area (Å²) in [5.74, 6) is 0.723. The summed E-state index contributed by atoms with van der Waals surface area (Å²) in [6.07, 6.45) is 1.90. The van der Waals surface area contributed by atoms with Crippen molar-refractivity contribution < 1.29 is 18.8 Å². The number of likely N-dealkylation sites (tertiary alicyclic amines) is 1. The number of hydrogen-bond donors (Lipinski definition) is 1. The van der Waals surface area contributed by atoms with E-state index < -0.39 is 0 Å². The lowest BCUT2D eigenvalue weighted by Crippen LogP contribution is -2.43. The summed E-state index contributed by atoms with van der Waals surface area (Å²) < 4.78 is 16.1. The molecule has 7 nitrogen and oxygen atoms in total. The molecule has 0 aliphatic carbocycles. The van der Waals surface area contributed by atoms with E-state index in [1.807, 2.05) is 12.1 Å². The normalized spacial score (nSPS) is 17.1. The van der Waals surface area contributed by atoms with Crippen LogP contribution in [0.4, 0.5) is 5.82 Å². The smallest absolute Gasteiger partial charge is 0.261 e. The second kappa shape index (κ2) is 9.21. The van der Waals surface area contributed by atoms with Gasteiger partial charge in [0, 0.05) is 44.4 Å². The lowest BCUT2D eigenvalue weighted by molar-refractivity contribution is 0.0269. The van der Waals surface area contributed by atoms with Crippen LogP contribution in [0.1, 0.15) is 23.2 Å². The predicted molar refractivity (Wildman–Crippen MR) is 103 cm³/mol. The van der Waals surface area contributed by atoms with Crippen molar-refractivity contribution in [3.05, 3.63) is 34.9 Å². The number of carbonyl (C=O) groups excluding carboxylic acids is 1. The van der Waals surface area contributed by atoms with Gasteiger partial charge in [-0.25, -0.2) is 0 Å². The first-order valence-corrected chi connectivity index (χ1v) is 9.32. The van der Waals surface area contributed by atoms with Crippen molar-refractivity contribution in [1.82, 2.24) is 10.1 Å². The number of piperidine rings is 1. The molecule has 2 aromatic rings. The van der Waals surface area contributed by atoms with Gasteiger partial charge in [0.25, 0.3) is 5.91 Å². The Morgan fingerprint density at radius 1 is 1.37 bits per heavy atom. The highest BCUT2D eigenvalue weighted by molar-refractivity contribution is 6.30. The number of ether oxygens (including phenoxy) is 2. The van der Waals surface area contributed by atoms with Crippen LogP contribution in [0.2, 0.25) is 5.02 Å². The highest BCUT2D eigenvalue weighted by Gasteiger charge is 2.31. The van der Waals surface area contributed by atoms with Crippen LogP contribution in [0.5, 0.6) is 0 Å². The lowest BCUT2D eigenvalue weighted by Gasteiger charge is -2.32. The Hall–Kier alpha value is -2.09. The van der Waals surface area contributed by atoms with Gasteiger partial charge in [0.05, 0.1) is 12.7 Å². The van der Waals surface area contributed by atoms with Gasteiger partial charge in [-0.3, -0.25) is 4.79 Å². The van der Waals surface area contributed by atoms with Crippen molar-refractivity contribution in [1.29, 1.82) is 0 Å². The third-order valence-corrected chi connectivity index (χ3v) is 4.86. The van der Waals surface area contributed by atoms with Gasteiger partial charge in [-0.1, -0.05) is 16.8 Å². The number of nitrogens with zero attached hydrogens (tertiary/aromatic N) is 2. The second-order valence-electron chi connectivity index (χ2n) is 6.41. The number of methoxy groups -OCH3 is 2. The van der Waals surface area contributed by atoms with Crippen molar-refractivity contribution in [3.8, 4) is 11.3 Å². The van der Waals surface area contributed by atoms with E-state index in [2.05, 4.69) is 10.5 Å². The number of carbonyl (C=O) groups is 1. The molecule has 1 saturated heterocycles. The van der Waals surface area contributed by atoms with E-state index in [0.29, 0.717) is 48.4 Å². The van der Waals surface area contributed by atoms with Crippen LogP contribution in [0.3, 0.4) is 0 Å². The Balaban J connectivity index is 1.92. The number of rotatable bonds is 7. The maximum absolute atomic E-state index is 13.3. The Bertz CT molecular complexity index is 763. The second-order valence-corrected chi connectivity index (χ2v) is 6.85. The molecule has 8 heteroatoms. The minimum atomic E-state index is -0.122. The van der Waals surface area contributed by atoms with Crippen LogP contribution in [0, 0.1) is 0 Å². The predicted octanol–water partition coefficient (Wildman–Crippen LogP) is 3.30. The van der Waals surface area contributed by atoms with E-state index in [0.717, 1.165) is 18.4 Å². The van der Waals surface area contributed by atoms with Gasteiger partial charge in [0.1, 0.15) is 5.56 Å². The van der Waals surface area contributed by atoms with Crippen molar-refractivity contribution in [2.45, 2.75) is 18.9 Å². The van der Waals surface area contributed by atoms with Crippen LogP contribution in [0.25, 0.3) is 11.3 Å². The van der Waals surface area contributed by atoms with E-state index in [9.17, 15) is 4.79 Å². The first-order valence-electron chi connectivity index (χ1n) is 8.94. The van der Waals surface area contributed by atoms with Crippen LogP contribution >= 0.6 is 11.6 Å². The summed E-state index contributed by atoms with van der Waals surface area (Å²) in [7, 11) is 3.29. The maximum Gasteiger partial charge on any atom is 0.261 e. The van der Waals surface area contributed by atoms with Crippen LogP contribution in [0.15, 0.2) is 28.8 Å². The summed E-state index contributed by atoms with van der Waals surface area (Å²) in [6.45, 7) is 2.25. The fourth-order valence-electron chi connectivity index (χ4n) is 3.15. The number of hydrogen-bond acceptors (Lipinski definition) is 6. The van der Waals surface area contributed by atoms with Crippen molar-refractivity contribution in [2.24, 2.45) is 0 Å². The van der Waals surface area contributed by atoms with Gasteiger partial charge < -0.3 is 24.2 Å². The molecule has 1 aromatic heterocycles. The van der Waals surface area contributed by atoms with E-state index >= 15 is 0 Å². The fraction of sp³-hybridized carbons (Fsp3) is 0.474. The molecule has 0 radical (unpaired) electrons. The molecule has 0 spiro atoms. The van der Waals surface area contributed by atoms with E-state index in [1.54, 1.807) is 31.3 Å². The van der Waals surface area contributed by atoms with E-state index in [1.165, 1.54) is 0 Å². The quantitative estimate of drug-likeness (QED) is 0.727. The maximum atomic E-state index is 13.3. The van der Waals surface area contributed by atoms with Gasteiger partial charge >= 0.3 is 0 Å². The minimum Gasteiger partial charge on any atom is -0.383 e. The number of nitrogens with one attached hydrogen (secondary N) is 1. The van der Waals surface area contributed by atoms with Crippen LogP contribution < -0.4 is 5.32 Å². The molecule has 1 atom stereocenters. The SMILES string of the molecule is COCCNc1noc(-c2ccc(Cl)cc2)c1C(=O)N1CCCC(OC)C1. The van der Waals surface area contributed by atoms with Gasteiger partial charge in [-0.15, -0.1) is 0 Å². The van der Waals surface area contributed by atoms with Gasteiger partial charge in [-0.05, 0) is 37.1 Å². The monoisotopic (exact) mass is 393 g/mol. The Labute approximate surface area is 163 Å². The minimum absolute atomic E-state index is 0.0476. The molecule has 1 N–H and O–H groups in total. The number of benzene rings is 1. The molecule has 1 unspecified atom stereocenters. The van der Waals surface area contributed by atoms with Crippen molar-refractivity contribution >= 4 is 23.3 Å².